The molecule has 0 saturated carbocycles. The molecule has 0 bridgehead atoms. The molecule has 1 amide bonds. The van der Waals surface area contributed by atoms with Crippen molar-refractivity contribution in [2.45, 2.75) is 0 Å². The van der Waals surface area contributed by atoms with Crippen LogP contribution in [0.5, 0.6) is 0 Å². The molecule has 0 aliphatic rings. The van der Waals surface area contributed by atoms with E-state index in [4.69, 9.17) is 16.0 Å². The number of carbonyl (C=O) groups excluding carboxylic acids is 1. The first kappa shape index (κ1) is 20.5. The van der Waals surface area contributed by atoms with E-state index in [1.165, 1.54) is 12.1 Å². The van der Waals surface area contributed by atoms with Crippen molar-refractivity contribution < 1.29 is 14.1 Å². The van der Waals surface area contributed by atoms with Gasteiger partial charge in [0, 0.05) is 29.7 Å². The van der Waals surface area contributed by atoms with Crippen molar-refractivity contribution in [3.05, 3.63) is 69.4 Å². The van der Waals surface area contributed by atoms with Gasteiger partial charge in [0.05, 0.1) is 10.5 Å². The third kappa shape index (κ3) is 4.79. The van der Waals surface area contributed by atoms with E-state index in [1.54, 1.807) is 36.4 Å². The Kier molecular flexibility index (Phi) is 6.26. The smallest absolute Gasteiger partial charge is 0.280 e. The Balaban J connectivity index is 2.07. The van der Waals surface area contributed by atoms with Crippen LogP contribution in [0.4, 0.5) is 5.69 Å². The lowest BCUT2D eigenvalue weighted by Gasteiger charge is -2.09. The van der Waals surface area contributed by atoms with Crippen molar-refractivity contribution in [3.63, 3.8) is 0 Å². The maximum Gasteiger partial charge on any atom is 0.280 e. The van der Waals surface area contributed by atoms with Crippen LogP contribution in [0.25, 0.3) is 22.8 Å². The molecule has 3 aromatic rings. The number of para-hydroxylation sites is 1. The summed E-state index contributed by atoms with van der Waals surface area (Å²) in [5.41, 5.74) is 0.598. The first-order valence-electron chi connectivity index (χ1n) is 8.80. The van der Waals surface area contributed by atoms with Gasteiger partial charge in [0.2, 0.25) is 5.89 Å². The lowest BCUT2D eigenvalue weighted by atomic mass is 10.1. The second-order valence-corrected chi connectivity index (χ2v) is 6.97. The standard InChI is InChI=1S/C20H19ClN4O4/c1-24(2)12-11-22-19(26)17-18(15-5-3-4-6-16(15)25(27)28)29-20(23-17)13-7-9-14(21)10-8-13/h3-10H,11-12H2,1-2H3,(H,22,26). The van der Waals surface area contributed by atoms with Crippen LogP contribution in [-0.2, 0) is 0 Å². The molecular formula is C20H19ClN4O4. The summed E-state index contributed by atoms with van der Waals surface area (Å²) in [6.07, 6.45) is 0. The highest BCUT2D eigenvalue weighted by molar-refractivity contribution is 6.30. The largest absolute Gasteiger partial charge is 0.435 e. The van der Waals surface area contributed by atoms with Crippen LogP contribution in [0, 0.1) is 10.1 Å². The van der Waals surface area contributed by atoms with Gasteiger partial charge in [-0.1, -0.05) is 23.7 Å². The Morgan fingerprint density at radius 3 is 2.55 bits per heavy atom. The quantitative estimate of drug-likeness (QED) is 0.465. The lowest BCUT2D eigenvalue weighted by Crippen LogP contribution is -2.31. The Hall–Kier alpha value is -3.23. The number of hydrogen-bond acceptors (Lipinski definition) is 6. The van der Waals surface area contributed by atoms with Crippen molar-refractivity contribution in [3.8, 4) is 22.8 Å². The summed E-state index contributed by atoms with van der Waals surface area (Å²) < 4.78 is 5.84. The van der Waals surface area contributed by atoms with E-state index < -0.39 is 10.8 Å². The highest BCUT2D eigenvalue weighted by Crippen LogP contribution is 2.35. The number of rotatable bonds is 7. The molecule has 3 rings (SSSR count). The number of nitro groups is 1. The van der Waals surface area contributed by atoms with Crippen LogP contribution in [0.3, 0.4) is 0 Å². The van der Waals surface area contributed by atoms with Crippen molar-refractivity contribution in [2.75, 3.05) is 27.2 Å². The molecule has 1 aromatic heterocycles. The fourth-order valence-electron chi connectivity index (χ4n) is 2.67. The van der Waals surface area contributed by atoms with Crippen molar-refractivity contribution in [1.29, 1.82) is 0 Å². The second-order valence-electron chi connectivity index (χ2n) is 6.54. The number of aromatic nitrogens is 1. The number of nitrogens with one attached hydrogen (secondary N) is 1. The number of nitrogens with zero attached hydrogens (tertiary/aromatic N) is 3. The fourth-order valence-corrected chi connectivity index (χ4v) is 2.80. The van der Waals surface area contributed by atoms with Crippen LogP contribution >= 0.6 is 11.6 Å². The lowest BCUT2D eigenvalue weighted by molar-refractivity contribution is -0.384. The van der Waals surface area contributed by atoms with E-state index in [-0.39, 0.29) is 28.6 Å². The summed E-state index contributed by atoms with van der Waals surface area (Å²) in [4.78, 5) is 29.9. The minimum Gasteiger partial charge on any atom is -0.435 e. The molecule has 29 heavy (non-hydrogen) atoms. The van der Waals surface area contributed by atoms with Crippen LogP contribution < -0.4 is 5.32 Å². The number of benzene rings is 2. The number of carbonyl (C=O) groups is 1. The molecule has 150 valence electrons. The molecule has 0 saturated heterocycles. The first-order valence-corrected chi connectivity index (χ1v) is 9.18. The highest BCUT2D eigenvalue weighted by Gasteiger charge is 2.27. The highest BCUT2D eigenvalue weighted by atomic mass is 35.5. The van der Waals surface area contributed by atoms with Gasteiger partial charge in [0.15, 0.2) is 11.5 Å². The van der Waals surface area contributed by atoms with Crippen LogP contribution in [-0.4, -0.2) is 47.9 Å². The molecule has 1 heterocycles. The molecule has 2 aromatic carbocycles. The predicted molar refractivity (Wildman–Crippen MR) is 110 cm³/mol. The Morgan fingerprint density at radius 2 is 1.90 bits per heavy atom. The number of halogens is 1. The normalized spacial score (nSPS) is 10.9. The summed E-state index contributed by atoms with van der Waals surface area (Å²) >= 11 is 5.93. The number of likely N-dealkylation sites (N-methyl/N-ethyl adjacent to an activating group) is 1. The maximum atomic E-state index is 12.8. The topological polar surface area (TPSA) is 102 Å². The monoisotopic (exact) mass is 414 g/mol. The molecule has 0 aliphatic heterocycles. The van der Waals surface area contributed by atoms with Crippen LogP contribution in [0.2, 0.25) is 5.02 Å². The SMILES string of the molecule is CN(C)CCNC(=O)c1nc(-c2ccc(Cl)cc2)oc1-c1ccccc1[N+](=O)[O-]. The van der Waals surface area contributed by atoms with Crippen LogP contribution in [0.15, 0.2) is 52.9 Å². The first-order chi connectivity index (χ1) is 13.9. The third-order valence-electron chi connectivity index (χ3n) is 4.12. The van der Waals surface area contributed by atoms with Gasteiger partial charge >= 0.3 is 0 Å². The summed E-state index contributed by atoms with van der Waals surface area (Å²) in [5, 5.41) is 14.8. The zero-order valence-electron chi connectivity index (χ0n) is 15.9. The molecule has 0 radical (unpaired) electrons. The zero-order valence-corrected chi connectivity index (χ0v) is 16.6. The summed E-state index contributed by atoms with van der Waals surface area (Å²) in [5.74, 6) is -0.249. The van der Waals surface area contributed by atoms with Gasteiger partial charge in [0.25, 0.3) is 11.6 Å². The van der Waals surface area contributed by atoms with Gasteiger partial charge in [0.1, 0.15) is 0 Å². The molecule has 0 unspecified atom stereocenters. The van der Waals surface area contributed by atoms with Crippen molar-refractivity contribution in [1.82, 2.24) is 15.2 Å². The van der Waals surface area contributed by atoms with Gasteiger partial charge in [-0.25, -0.2) is 4.98 Å². The molecule has 0 spiro atoms. The van der Waals surface area contributed by atoms with Gasteiger partial charge in [-0.15, -0.1) is 0 Å². The average Bonchev–Trinajstić information content (AvgIpc) is 3.13. The zero-order chi connectivity index (χ0) is 21.0. The van der Waals surface area contributed by atoms with Crippen molar-refractivity contribution in [2.24, 2.45) is 0 Å². The fraction of sp³-hybridized carbons (Fsp3) is 0.200. The third-order valence-corrected chi connectivity index (χ3v) is 4.38. The van der Waals surface area contributed by atoms with E-state index in [0.717, 1.165) is 0 Å². The van der Waals surface area contributed by atoms with Gasteiger partial charge in [-0.05, 0) is 44.4 Å². The summed E-state index contributed by atoms with van der Waals surface area (Å²) in [6, 6.07) is 12.8. The van der Waals surface area contributed by atoms with Gasteiger partial charge < -0.3 is 14.6 Å². The maximum absolute atomic E-state index is 12.8. The number of nitro benzene ring substituents is 1. The van der Waals surface area contributed by atoms with Gasteiger partial charge in [-0.2, -0.15) is 0 Å². The molecule has 0 fully saturated rings. The number of oxazole rings is 1. The Morgan fingerprint density at radius 1 is 1.21 bits per heavy atom. The molecule has 8 nitrogen and oxygen atoms in total. The summed E-state index contributed by atoms with van der Waals surface area (Å²) in [7, 11) is 3.78. The molecular weight excluding hydrogens is 396 g/mol. The van der Waals surface area contributed by atoms with E-state index >= 15 is 0 Å². The summed E-state index contributed by atoms with van der Waals surface area (Å²) in [6.45, 7) is 1.03. The van der Waals surface area contributed by atoms with E-state index in [0.29, 0.717) is 23.7 Å². The van der Waals surface area contributed by atoms with E-state index in [1.807, 2.05) is 19.0 Å². The number of amides is 1. The Labute approximate surface area is 172 Å². The molecule has 0 aliphatic carbocycles. The second kappa shape index (κ2) is 8.85. The van der Waals surface area contributed by atoms with Crippen LogP contribution in [0.1, 0.15) is 10.5 Å². The average molecular weight is 415 g/mol. The minimum atomic E-state index is -0.520. The number of hydrogen-bond donors (Lipinski definition) is 1. The Bertz CT molecular complexity index is 1030. The van der Waals surface area contributed by atoms with Gasteiger partial charge in [-0.3, -0.25) is 14.9 Å². The van der Waals surface area contributed by atoms with E-state index in [2.05, 4.69) is 10.3 Å². The predicted octanol–water partition coefficient (Wildman–Crippen LogP) is 3.86. The molecule has 9 heteroatoms. The van der Waals surface area contributed by atoms with Crippen molar-refractivity contribution >= 4 is 23.2 Å². The minimum absolute atomic E-state index is 0.0111. The molecule has 0 atom stereocenters. The molecule has 1 N–H and O–H groups in total. The van der Waals surface area contributed by atoms with E-state index in [9.17, 15) is 14.9 Å².